The Hall–Kier alpha value is -1.44. The number of rotatable bonds is 4. The van der Waals surface area contributed by atoms with Crippen LogP contribution in [0.15, 0.2) is 18.2 Å². The third kappa shape index (κ3) is 6.03. The Bertz CT molecular complexity index is 636. The van der Waals surface area contributed by atoms with Crippen molar-refractivity contribution in [1.82, 2.24) is 4.90 Å². The maximum atomic E-state index is 13.1. The molecule has 0 atom stereocenters. The molecule has 2 aliphatic rings. The van der Waals surface area contributed by atoms with Gasteiger partial charge in [0.2, 0.25) is 0 Å². The molecule has 3 rings (SSSR count). The van der Waals surface area contributed by atoms with Crippen molar-refractivity contribution in [2.75, 3.05) is 37.6 Å². The summed E-state index contributed by atoms with van der Waals surface area (Å²) in [6.45, 7) is 5.40. The first-order chi connectivity index (χ1) is 13.5. The van der Waals surface area contributed by atoms with Crippen molar-refractivity contribution in [2.24, 2.45) is 11.8 Å². The molecule has 1 aromatic rings. The predicted molar refractivity (Wildman–Crippen MR) is 101 cm³/mol. The lowest BCUT2D eigenvalue weighted by atomic mass is 9.81. The van der Waals surface area contributed by atoms with Gasteiger partial charge in [0, 0.05) is 31.9 Å². The second-order valence-electron chi connectivity index (χ2n) is 8.51. The fourth-order valence-corrected chi connectivity index (χ4v) is 4.33. The van der Waals surface area contributed by atoms with Gasteiger partial charge >= 0.3 is 12.4 Å². The van der Waals surface area contributed by atoms with Crippen LogP contribution in [-0.4, -0.2) is 37.6 Å². The van der Waals surface area contributed by atoms with Crippen LogP contribution in [-0.2, 0) is 12.4 Å². The Balaban J connectivity index is 1.60. The number of nitrogens with zero attached hydrogens (tertiary/aromatic N) is 2. The second-order valence-corrected chi connectivity index (χ2v) is 8.51. The summed E-state index contributed by atoms with van der Waals surface area (Å²) in [5.41, 5.74) is -2.51. The Morgan fingerprint density at radius 3 is 1.79 bits per heavy atom. The van der Waals surface area contributed by atoms with Crippen molar-refractivity contribution >= 4 is 5.69 Å². The monoisotopic (exact) mass is 422 g/mol. The molecule has 0 spiro atoms. The van der Waals surface area contributed by atoms with Crippen LogP contribution in [0.3, 0.4) is 0 Å². The lowest BCUT2D eigenvalue weighted by Gasteiger charge is -2.37. The summed E-state index contributed by atoms with van der Waals surface area (Å²) >= 11 is 0. The molecule has 0 bridgehead atoms. The molecule has 1 aliphatic heterocycles. The molecule has 0 radical (unpaired) electrons. The SMILES string of the molecule is CC1CCC(CCN2CCN(c3cc(C(F)(F)F)cc(C(F)(F)F)c3)CC2)CC1. The molecule has 164 valence electrons. The lowest BCUT2D eigenvalue weighted by molar-refractivity contribution is -0.143. The van der Waals surface area contributed by atoms with Crippen molar-refractivity contribution < 1.29 is 26.3 Å². The molecule has 2 nitrogen and oxygen atoms in total. The van der Waals surface area contributed by atoms with E-state index in [4.69, 9.17) is 0 Å². The molecule has 0 unspecified atom stereocenters. The molecule has 0 amide bonds. The van der Waals surface area contributed by atoms with Gasteiger partial charge in [-0.15, -0.1) is 0 Å². The minimum Gasteiger partial charge on any atom is -0.369 e. The summed E-state index contributed by atoms with van der Waals surface area (Å²) < 4.78 is 78.4. The van der Waals surface area contributed by atoms with Crippen molar-refractivity contribution in [2.45, 2.75) is 51.4 Å². The summed E-state index contributed by atoms with van der Waals surface area (Å²) in [5.74, 6) is 1.55. The first-order valence-corrected chi connectivity index (χ1v) is 10.3. The number of anilines is 1. The van der Waals surface area contributed by atoms with Crippen LogP contribution in [0, 0.1) is 11.8 Å². The van der Waals surface area contributed by atoms with Crippen molar-refractivity contribution in [3.63, 3.8) is 0 Å². The molecule has 0 aromatic heterocycles. The molecule has 1 saturated heterocycles. The van der Waals surface area contributed by atoms with Crippen LogP contribution in [0.25, 0.3) is 0 Å². The maximum absolute atomic E-state index is 13.1. The highest BCUT2D eigenvalue weighted by atomic mass is 19.4. The maximum Gasteiger partial charge on any atom is 0.416 e. The summed E-state index contributed by atoms with van der Waals surface area (Å²) in [5, 5.41) is 0. The zero-order chi connectivity index (χ0) is 21.2. The van der Waals surface area contributed by atoms with Gasteiger partial charge in [0.15, 0.2) is 0 Å². The van der Waals surface area contributed by atoms with Crippen molar-refractivity contribution in [3.05, 3.63) is 29.3 Å². The van der Waals surface area contributed by atoms with E-state index in [0.717, 1.165) is 36.9 Å². The summed E-state index contributed by atoms with van der Waals surface area (Å²) in [4.78, 5) is 3.90. The molecule has 29 heavy (non-hydrogen) atoms. The van der Waals surface area contributed by atoms with E-state index in [1.165, 1.54) is 25.7 Å². The molecule has 8 heteroatoms. The van der Waals surface area contributed by atoms with E-state index >= 15 is 0 Å². The molecule has 0 N–H and O–H groups in total. The number of alkyl halides is 6. The van der Waals surface area contributed by atoms with Gasteiger partial charge in [-0.3, -0.25) is 4.90 Å². The third-order valence-corrected chi connectivity index (χ3v) is 6.30. The van der Waals surface area contributed by atoms with Crippen LogP contribution in [0.1, 0.15) is 50.2 Å². The highest BCUT2D eigenvalue weighted by Crippen LogP contribution is 2.38. The standard InChI is InChI=1S/C21H28F6N2/c1-15-2-4-16(5-3-15)6-7-28-8-10-29(11-9-28)19-13-17(20(22,23)24)12-18(14-19)21(25,26)27/h12-16H,2-11H2,1H3. The zero-order valence-electron chi connectivity index (χ0n) is 16.6. The molecule has 1 aliphatic carbocycles. The van der Waals surface area contributed by atoms with Crippen molar-refractivity contribution in [3.8, 4) is 0 Å². The largest absolute Gasteiger partial charge is 0.416 e. The van der Waals surface area contributed by atoms with Gasteiger partial charge in [0.05, 0.1) is 11.1 Å². The predicted octanol–water partition coefficient (Wildman–Crippen LogP) is 6.06. The van der Waals surface area contributed by atoms with E-state index < -0.39 is 23.5 Å². The third-order valence-electron chi connectivity index (χ3n) is 6.30. The van der Waals surface area contributed by atoms with E-state index in [9.17, 15) is 26.3 Å². The average molecular weight is 422 g/mol. The first-order valence-electron chi connectivity index (χ1n) is 10.3. The molecule has 1 saturated carbocycles. The Labute approximate surface area is 167 Å². The van der Waals surface area contributed by atoms with Crippen LogP contribution in [0.4, 0.5) is 32.0 Å². The van der Waals surface area contributed by atoms with Gasteiger partial charge in [-0.2, -0.15) is 26.3 Å². The van der Waals surface area contributed by atoms with E-state index in [1.807, 2.05) is 0 Å². The minimum absolute atomic E-state index is 0.00642. The highest BCUT2D eigenvalue weighted by Gasteiger charge is 2.37. The van der Waals surface area contributed by atoms with E-state index in [2.05, 4.69) is 11.8 Å². The second kappa shape index (κ2) is 8.74. The minimum atomic E-state index is -4.81. The zero-order valence-corrected chi connectivity index (χ0v) is 16.6. The molecular formula is C21H28F6N2. The van der Waals surface area contributed by atoms with Gasteiger partial charge in [0.25, 0.3) is 0 Å². The number of hydrogen-bond acceptors (Lipinski definition) is 2. The molecule has 2 fully saturated rings. The fraction of sp³-hybridized carbons (Fsp3) is 0.714. The highest BCUT2D eigenvalue weighted by molar-refractivity contribution is 5.53. The topological polar surface area (TPSA) is 6.48 Å². The van der Waals surface area contributed by atoms with Crippen LogP contribution >= 0.6 is 0 Å². The van der Waals surface area contributed by atoms with E-state index in [1.54, 1.807) is 4.90 Å². The molecule has 1 heterocycles. The van der Waals surface area contributed by atoms with Crippen LogP contribution in [0.2, 0.25) is 0 Å². The lowest BCUT2D eigenvalue weighted by Crippen LogP contribution is -2.47. The van der Waals surface area contributed by atoms with Gasteiger partial charge in [-0.1, -0.05) is 32.6 Å². The summed E-state index contributed by atoms with van der Waals surface area (Å²) in [7, 11) is 0. The molecule has 1 aromatic carbocycles. The first kappa shape index (κ1) is 22.2. The van der Waals surface area contributed by atoms with E-state index in [-0.39, 0.29) is 11.8 Å². The quantitative estimate of drug-likeness (QED) is 0.544. The summed E-state index contributed by atoms with van der Waals surface area (Å²) in [6, 6.07) is 1.84. The van der Waals surface area contributed by atoms with Crippen LogP contribution < -0.4 is 4.90 Å². The van der Waals surface area contributed by atoms with Gasteiger partial charge in [-0.05, 0) is 43.0 Å². The normalized spacial score (nSPS) is 24.7. The fourth-order valence-electron chi connectivity index (χ4n) is 4.33. The van der Waals surface area contributed by atoms with Crippen molar-refractivity contribution in [1.29, 1.82) is 0 Å². The Morgan fingerprint density at radius 1 is 0.793 bits per heavy atom. The van der Waals surface area contributed by atoms with Crippen LogP contribution in [0.5, 0.6) is 0 Å². The number of halogens is 6. The Kier molecular flexibility index (Phi) is 6.70. The van der Waals surface area contributed by atoms with E-state index in [0.29, 0.717) is 26.2 Å². The average Bonchev–Trinajstić information content (AvgIpc) is 2.66. The van der Waals surface area contributed by atoms with Gasteiger partial charge in [0.1, 0.15) is 0 Å². The van der Waals surface area contributed by atoms with Gasteiger partial charge in [-0.25, -0.2) is 0 Å². The number of piperazine rings is 1. The number of hydrogen-bond donors (Lipinski definition) is 0. The van der Waals surface area contributed by atoms with Gasteiger partial charge < -0.3 is 4.90 Å². The number of benzene rings is 1. The molecular weight excluding hydrogens is 394 g/mol. The Morgan fingerprint density at radius 2 is 1.31 bits per heavy atom. The summed E-state index contributed by atoms with van der Waals surface area (Å²) in [6.07, 6.45) is -3.44. The smallest absolute Gasteiger partial charge is 0.369 e.